The number of hydrogen-bond donors (Lipinski definition) is 1. The summed E-state index contributed by atoms with van der Waals surface area (Å²) in [6, 6.07) is 16.9. The Morgan fingerprint density at radius 2 is 1.75 bits per heavy atom. The van der Waals surface area contributed by atoms with E-state index in [9.17, 15) is 9.59 Å². The molecule has 6 nitrogen and oxygen atoms in total. The van der Waals surface area contributed by atoms with E-state index in [0.29, 0.717) is 43.5 Å². The van der Waals surface area contributed by atoms with Gasteiger partial charge in [-0.25, -0.2) is 0 Å². The first-order chi connectivity index (χ1) is 15.4. The van der Waals surface area contributed by atoms with Gasteiger partial charge in [-0.2, -0.15) is 0 Å². The Kier molecular flexibility index (Phi) is 10.7. The third-order valence-electron chi connectivity index (χ3n) is 4.70. The Bertz CT molecular complexity index is 887. The van der Waals surface area contributed by atoms with E-state index in [-0.39, 0.29) is 23.4 Å². The van der Waals surface area contributed by atoms with E-state index < -0.39 is 0 Å². The zero-order valence-electron chi connectivity index (χ0n) is 19.0. The number of hydrogen-bond acceptors (Lipinski definition) is 5. The molecule has 0 saturated heterocycles. The Balaban J connectivity index is 2.08. The monoisotopic (exact) mass is 456 g/mol. The minimum absolute atomic E-state index is 0.172. The number of nitrogens with one attached hydrogen (secondary N) is 1. The van der Waals surface area contributed by atoms with E-state index >= 15 is 0 Å². The van der Waals surface area contributed by atoms with Crippen molar-refractivity contribution in [2.45, 2.75) is 40.2 Å². The molecule has 32 heavy (non-hydrogen) atoms. The Morgan fingerprint density at radius 3 is 2.44 bits per heavy atom. The van der Waals surface area contributed by atoms with Crippen molar-refractivity contribution in [1.82, 2.24) is 10.2 Å². The quantitative estimate of drug-likeness (QED) is 0.394. The molecule has 1 amide bonds. The summed E-state index contributed by atoms with van der Waals surface area (Å²) in [5.74, 6) is 0.386. The van der Waals surface area contributed by atoms with Gasteiger partial charge < -0.3 is 14.4 Å². The zero-order valence-corrected chi connectivity index (χ0v) is 19.8. The van der Waals surface area contributed by atoms with Gasteiger partial charge in [0.05, 0.1) is 25.2 Å². The second-order valence-corrected chi connectivity index (χ2v) is 8.14. The molecule has 0 aliphatic rings. The van der Waals surface area contributed by atoms with Gasteiger partial charge in [-0.05, 0) is 49.2 Å². The smallest absolute Gasteiger partial charge is 0.307 e. The number of ether oxygens (including phenoxy) is 2. The van der Waals surface area contributed by atoms with Crippen LogP contribution in [0.4, 0.5) is 0 Å². The lowest BCUT2D eigenvalue weighted by Gasteiger charge is -2.25. The lowest BCUT2D eigenvalue weighted by molar-refractivity contribution is -0.143. The standard InChI is InChI=1S/C25H32N2O4S/c1-4-30-23(28)14-16-27(18-20-10-6-5-7-11-20)25(32)26-24(29)21-12-8-9-13-22(21)31-17-15-19(2)3/h5-13,19H,4,14-18H2,1-3H3,(H,26,29,32). The second-order valence-electron chi connectivity index (χ2n) is 7.75. The maximum absolute atomic E-state index is 13.0. The van der Waals surface area contributed by atoms with Crippen LogP contribution < -0.4 is 10.1 Å². The van der Waals surface area contributed by atoms with Gasteiger partial charge in [-0.15, -0.1) is 0 Å². The fourth-order valence-electron chi connectivity index (χ4n) is 2.94. The molecule has 0 saturated carbocycles. The Morgan fingerprint density at radius 1 is 1.06 bits per heavy atom. The summed E-state index contributed by atoms with van der Waals surface area (Å²) in [7, 11) is 0. The zero-order chi connectivity index (χ0) is 23.3. The predicted molar refractivity (Wildman–Crippen MR) is 130 cm³/mol. The highest BCUT2D eigenvalue weighted by molar-refractivity contribution is 7.80. The van der Waals surface area contributed by atoms with Crippen molar-refractivity contribution < 1.29 is 19.1 Å². The molecular formula is C25H32N2O4S. The molecule has 0 spiro atoms. The molecule has 2 rings (SSSR count). The Hall–Kier alpha value is -2.93. The first-order valence-corrected chi connectivity index (χ1v) is 11.3. The van der Waals surface area contributed by atoms with Crippen molar-refractivity contribution in [2.75, 3.05) is 19.8 Å². The molecule has 1 N–H and O–H groups in total. The topological polar surface area (TPSA) is 67.9 Å². The minimum atomic E-state index is -0.343. The molecular weight excluding hydrogens is 424 g/mol. The van der Waals surface area contributed by atoms with Crippen LogP contribution in [0.1, 0.15) is 49.5 Å². The van der Waals surface area contributed by atoms with Crippen molar-refractivity contribution in [3.63, 3.8) is 0 Å². The highest BCUT2D eigenvalue weighted by Crippen LogP contribution is 2.19. The largest absolute Gasteiger partial charge is 0.493 e. The molecule has 0 atom stereocenters. The minimum Gasteiger partial charge on any atom is -0.493 e. The van der Waals surface area contributed by atoms with Crippen LogP contribution in [0.2, 0.25) is 0 Å². The predicted octanol–water partition coefficient (Wildman–Crippen LogP) is 4.58. The molecule has 0 unspecified atom stereocenters. The van der Waals surface area contributed by atoms with Crippen molar-refractivity contribution >= 4 is 29.2 Å². The summed E-state index contributed by atoms with van der Waals surface area (Å²) in [5, 5.41) is 3.05. The van der Waals surface area contributed by atoms with Crippen LogP contribution in [0, 0.1) is 5.92 Å². The van der Waals surface area contributed by atoms with Crippen LogP contribution in [-0.4, -0.2) is 41.6 Å². The average molecular weight is 457 g/mol. The van der Waals surface area contributed by atoms with Crippen LogP contribution >= 0.6 is 12.2 Å². The summed E-state index contributed by atoms with van der Waals surface area (Å²) in [6.45, 7) is 7.67. The molecule has 0 bridgehead atoms. The second kappa shape index (κ2) is 13.5. The van der Waals surface area contributed by atoms with Crippen LogP contribution in [0.15, 0.2) is 54.6 Å². The van der Waals surface area contributed by atoms with Crippen LogP contribution in [0.5, 0.6) is 5.75 Å². The number of esters is 1. The normalized spacial score (nSPS) is 10.5. The average Bonchev–Trinajstić information content (AvgIpc) is 2.77. The van der Waals surface area contributed by atoms with E-state index in [4.69, 9.17) is 21.7 Å². The Labute approximate surface area is 195 Å². The molecule has 0 radical (unpaired) electrons. The van der Waals surface area contributed by atoms with Gasteiger partial charge in [0.1, 0.15) is 5.75 Å². The molecule has 0 aliphatic heterocycles. The SMILES string of the molecule is CCOC(=O)CCN(Cc1ccccc1)C(=S)NC(=O)c1ccccc1OCCC(C)C. The fraction of sp³-hybridized carbons (Fsp3) is 0.400. The van der Waals surface area contributed by atoms with E-state index in [0.717, 1.165) is 12.0 Å². The number of nitrogens with zero attached hydrogens (tertiary/aromatic N) is 1. The van der Waals surface area contributed by atoms with Gasteiger partial charge in [-0.3, -0.25) is 14.9 Å². The van der Waals surface area contributed by atoms with E-state index in [2.05, 4.69) is 19.2 Å². The third kappa shape index (κ3) is 8.67. The number of para-hydroxylation sites is 1. The van der Waals surface area contributed by atoms with E-state index in [1.54, 1.807) is 30.0 Å². The van der Waals surface area contributed by atoms with Crippen LogP contribution in [-0.2, 0) is 16.1 Å². The van der Waals surface area contributed by atoms with Gasteiger partial charge in [-0.1, -0.05) is 56.3 Å². The third-order valence-corrected chi connectivity index (χ3v) is 5.06. The number of thiocarbonyl (C=S) groups is 1. The maximum atomic E-state index is 13.0. The number of rotatable bonds is 11. The highest BCUT2D eigenvalue weighted by atomic mass is 32.1. The summed E-state index contributed by atoms with van der Waals surface area (Å²) < 4.78 is 10.9. The summed E-state index contributed by atoms with van der Waals surface area (Å²) in [5.41, 5.74) is 1.44. The molecule has 172 valence electrons. The van der Waals surface area contributed by atoms with Gasteiger partial charge in [0, 0.05) is 13.1 Å². The molecule has 2 aromatic rings. The van der Waals surface area contributed by atoms with Gasteiger partial charge >= 0.3 is 5.97 Å². The van der Waals surface area contributed by atoms with E-state index in [1.165, 1.54) is 0 Å². The summed E-state index contributed by atoms with van der Waals surface area (Å²) in [4.78, 5) is 26.6. The molecule has 0 aliphatic carbocycles. The fourth-order valence-corrected chi connectivity index (χ4v) is 3.19. The number of carbonyl (C=O) groups is 2. The summed E-state index contributed by atoms with van der Waals surface area (Å²) in [6.07, 6.45) is 1.07. The molecule has 0 fully saturated rings. The first kappa shape index (κ1) is 25.3. The number of benzene rings is 2. The van der Waals surface area contributed by atoms with Crippen LogP contribution in [0.25, 0.3) is 0 Å². The number of amides is 1. The molecule has 0 aromatic heterocycles. The molecule has 7 heteroatoms. The first-order valence-electron chi connectivity index (χ1n) is 10.9. The number of carbonyl (C=O) groups excluding carboxylic acids is 2. The molecule has 2 aromatic carbocycles. The summed E-state index contributed by atoms with van der Waals surface area (Å²) >= 11 is 5.53. The van der Waals surface area contributed by atoms with Crippen LogP contribution in [0.3, 0.4) is 0 Å². The van der Waals surface area contributed by atoms with Gasteiger partial charge in [0.2, 0.25) is 0 Å². The van der Waals surface area contributed by atoms with Crippen molar-refractivity contribution in [1.29, 1.82) is 0 Å². The lowest BCUT2D eigenvalue weighted by atomic mass is 10.1. The van der Waals surface area contributed by atoms with E-state index in [1.807, 2.05) is 36.4 Å². The van der Waals surface area contributed by atoms with Crippen molar-refractivity contribution in [3.8, 4) is 5.75 Å². The molecule has 0 heterocycles. The maximum Gasteiger partial charge on any atom is 0.307 e. The highest BCUT2D eigenvalue weighted by Gasteiger charge is 2.18. The lowest BCUT2D eigenvalue weighted by Crippen LogP contribution is -2.43. The van der Waals surface area contributed by atoms with Crippen molar-refractivity contribution in [3.05, 3.63) is 65.7 Å². The van der Waals surface area contributed by atoms with Gasteiger partial charge in [0.25, 0.3) is 5.91 Å². The van der Waals surface area contributed by atoms with Crippen molar-refractivity contribution in [2.24, 2.45) is 5.92 Å². The van der Waals surface area contributed by atoms with Gasteiger partial charge in [0.15, 0.2) is 5.11 Å².